The number of anilines is 1. The van der Waals surface area contributed by atoms with E-state index in [1.54, 1.807) is 18.4 Å². The van der Waals surface area contributed by atoms with E-state index in [1.165, 1.54) is 4.88 Å². The minimum atomic E-state index is 0.212. The van der Waals surface area contributed by atoms with Crippen LogP contribution in [0.4, 0.5) is 5.69 Å². The number of hydrogen-bond donors (Lipinski definition) is 1. The summed E-state index contributed by atoms with van der Waals surface area (Å²) in [5, 5.41) is 6.15. The molecule has 1 aromatic carbocycles. The van der Waals surface area contributed by atoms with Crippen LogP contribution in [0.3, 0.4) is 0 Å². The highest BCUT2D eigenvalue weighted by Gasteiger charge is 2.13. The van der Waals surface area contributed by atoms with Gasteiger partial charge in [0.2, 0.25) is 0 Å². The van der Waals surface area contributed by atoms with Crippen molar-refractivity contribution >= 4 is 44.6 Å². The van der Waals surface area contributed by atoms with Crippen LogP contribution in [-0.2, 0) is 0 Å². The fourth-order valence-corrected chi connectivity index (χ4v) is 3.42. The summed E-state index contributed by atoms with van der Waals surface area (Å²) in [6.45, 7) is 2.11. The van der Waals surface area contributed by atoms with Crippen LogP contribution in [0.5, 0.6) is 5.75 Å². The first-order valence-corrected chi connectivity index (χ1v) is 7.50. The number of thiophene rings is 1. The third kappa shape index (κ3) is 2.99. The normalized spacial score (nSPS) is 12.2. The van der Waals surface area contributed by atoms with E-state index in [0.29, 0.717) is 5.02 Å². The van der Waals surface area contributed by atoms with E-state index in [2.05, 4.69) is 39.6 Å². The van der Waals surface area contributed by atoms with Crippen LogP contribution in [0.25, 0.3) is 0 Å². The third-order valence-electron chi connectivity index (χ3n) is 2.55. The van der Waals surface area contributed by atoms with Crippen molar-refractivity contribution in [1.29, 1.82) is 0 Å². The van der Waals surface area contributed by atoms with E-state index in [1.807, 2.05) is 18.2 Å². The Bertz CT molecular complexity index is 530. The lowest BCUT2D eigenvalue weighted by Crippen LogP contribution is -2.06. The molecule has 1 heterocycles. The Balaban J connectivity index is 2.28. The van der Waals surface area contributed by atoms with Gasteiger partial charge in [-0.05, 0) is 46.4 Å². The fourth-order valence-electron chi connectivity index (χ4n) is 1.72. The maximum absolute atomic E-state index is 6.06. The van der Waals surface area contributed by atoms with E-state index in [0.717, 1.165) is 15.9 Å². The second-order valence-electron chi connectivity index (χ2n) is 3.85. The summed E-state index contributed by atoms with van der Waals surface area (Å²) in [6, 6.07) is 8.05. The molecule has 1 atom stereocenters. The summed E-state index contributed by atoms with van der Waals surface area (Å²) >= 11 is 11.2. The highest BCUT2D eigenvalue weighted by molar-refractivity contribution is 9.10. The van der Waals surface area contributed by atoms with Crippen molar-refractivity contribution in [2.24, 2.45) is 0 Å². The lowest BCUT2D eigenvalue weighted by Gasteiger charge is -2.17. The molecule has 0 fully saturated rings. The molecule has 1 unspecified atom stereocenters. The van der Waals surface area contributed by atoms with Crippen molar-refractivity contribution in [3.63, 3.8) is 0 Å². The minimum absolute atomic E-state index is 0.212. The summed E-state index contributed by atoms with van der Waals surface area (Å²) in [5.41, 5.74) is 0.887. The zero-order valence-electron chi connectivity index (χ0n) is 10.0. The number of methoxy groups -OCH3 is 1. The van der Waals surface area contributed by atoms with Crippen molar-refractivity contribution < 1.29 is 4.74 Å². The summed E-state index contributed by atoms with van der Waals surface area (Å²) in [6.07, 6.45) is 0. The van der Waals surface area contributed by atoms with Crippen molar-refractivity contribution in [3.05, 3.63) is 44.0 Å². The SMILES string of the molecule is COc1c(Br)cc(Cl)cc1NC(C)c1cccs1. The van der Waals surface area contributed by atoms with E-state index >= 15 is 0 Å². The average molecular weight is 347 g/mol. The lowest BCUT2D eigenvalue weighted by molar-refractivity contribution is 0.413. The van der Waals surface area contributed by atoms with Crippen LogP contribution in [0.2, 0.25) is 5.02 Å². The van der Waals surface area contributed by atoms with Crippen LogP contribution >= 0.6 is 38.9 Å². The summed E-state index contributed by atoms with van der Waals surface area (Å²) in [7, 11) is 1.65. The number of nitrogens with one attached hydrogen (secondary N) is 1. The standard InChI is InChI=1S/C13H13BrClNOS/c1-8(12-4-3-5-18-12)16-11-7-9(15)6-10(14)13(11)17-2/h3-8,16H,1-2H3. The summed E-state index contributed by atoms with van der Waals surface area (Å²) in [5.74, 6) is 0.766. The molecule has 2 nitrogen and oxygen atoms in total. The maximum Gasteiger partial charge on any atom is 0.156 e. The van der Waals surface area contributed by atoms with Crippen LogP contribution in [0.1, 0.15) is 17.8 Å². The molecule has 0 amide bonds. The van der Waals surface area contributed by atoms with Gasteiger partial charge in [-0.25, -0.2) is 0 Å². The number of rotatable bonds is 4. The van der Waals surface area contributed by atoms with Crippen LogP contribution in [0.15, 0.2) is 34.1 Å². The van der Waals surface area contributed by atoms with Crippen LogP contribution < -0.4 is 10.1 Å². The van der Waals surface area contributed by atoms with Gasteiger partial charge in [0.15, 0.2) is 5.75 Å². The Labute approximate surface area is 124 Å². The highest BCUT2D eigenvalue weighted by atomic mass is 79.9. The molecule has 0 saturated carbocycles. The zero-order valence-corrected chi connectivity index (χ0v) is 13.2. The molecule has 0 aliphatic heterocycles. The number of halogens is 2. The van der Waals surface area contributed by atoms with E-state index in [9.17, 15) is 0 Å². The molecule has 0 saturated heterocycles. The molecule has 0 aliphatic carbocycles. The minimum Gasteiger partial charge on any atom is -0.493 e. The molecule has 1 N–H and O–H groups in total. The molecule has 0 radical (unpaired) electrons. The molecule has 5 heteroatoms. The largest absolute Gasteiger partial charge is 0.493 e. The lowest BCUT2D eigenvalue weighted by atomic mass is 10.2. The first-order chi connectivity index (χ1) is 8.61. The molecule has 2 rings (SSSR count). The first-order valence-electron chi connectivity index (χ1n) is 5.44. The van der Waals surface area contributed by atoms with Gasteiger partial charge in [-0.15, -0.1) is 11.3 Å². The molecule has 0 aliphatic rings. The second-order valence-corrected chi connectivity index (χ2v) is 6.12. The topological polar surface area (TPSA) is 21.3 Å². The van der Waals surface area contributed by atoms with Gasteiger partial charge in [0.1, 0.15) is 0 Å². The van der Waals surface area contributed by atoms with Gasteiger partial charge in [0, 0.05) is 9.90 Å². The van der Waals surface area contributed by atoms with Gasteiger partial charge in [-0.1, -0.05) is 17.7 Å². The van der Waals surface area contributed by atoms with Gasteiger partial charge >= 0.3 is 0 Å². The average Bonchev–Trinajstić information content (AvgIpc) is 2.81. The first kappa shape index (κ1) is 13.7. The van der Waals surface area contributed by atoms with Crippen LogP contribution in [-0.4, -0.2) is 7.11 Å². The van der Waals surface area contributed by atoms with Gasteiger partial charge < -0.3 is 10.1 Å². The van der Waals surface area contributed by atoms with Crippen molar-refractivity contribution in [2.75, 3.05) is 12.4 Å². The zero-order chi connectivity index (χ0) is 13.1. The molecule has 96 valence electrons. The monoisotopic (exact) mass is 345 g/mol. The Morgan fingerprint density at radius 2 is 2.22 bits per heavy atom. The highest BCUT2D eigenvalue weighted by Crippen LogP contribution is 2.38. The Hall–Kier alpha value is -0.710. The molecule has 0 spiro atoms. The van der Waals surface area contributed by atoms with E-state index in [4.69, 9.17) is 16.3 Å². The third-order valence-corrected chi connectivity index (χ3v) is 4.42. The van der Waals surface area contributed by atoms with Gasteiger partial charge in [0.05, 0.1) is 23.3 Å². The molecular weight excluding hydrogens is 334 g/mol. The van der Waals surface area contributed by atoms with Gasteiger partial charge in [-0.3, -0.25) is 0 Å². The van der Waals surface area contributed by atoms with Crippen molar-refractivity contribution in [2.45, 2.75) is 13.0 Å². The Kier molecular flexibility index (Phi) is 4.54. The summed E-state index contributed by atoms with van der Waals surface area (Å²) in [4.78, 5) is 1.27. The Morgan fingerprint density at radius 1 is 1.44 bits per heavy atom. The van der Waals surface area contributed by atoms with E-state index in [-0.39, 0.29) is 6.04 Å². The predicted molar refractivity (Wildman–Crippen MR) is 82.1 cm³/mol. The molecule has 0 bridgehead atoms. The molecular formula is C13H13BrClNOS. The van der Waals surface area contributed by atoms with Crippen LogP contribution in [0, 0.1) is 0 Å². The quantitative estimate of drug-likeness (QED) is 0.806. The number of ether oxygens (including phenoxy) is 1. The summed E-state index contributed by atoms with van der Waals surface area (Å²) < 4.78 is 6.23. The molecule has 18 heavy (non-hydrogen) atoms. The second kappa shape index (κ2) is 5.95. The fraction of sp³-hybridized carbons (Fsp3) is 0.231. The van der Waals surface area contributed by atoms with Crippen molar-refractivity contribution in [3.8, 4) is 5.75 Å². The molecule has 1 aromatic heterocycles. The van der Waals surface area contributed by atoms with Gasteiger partial charge in [0.25, 0.3) is 0 Å². The van der Waals surface area contributed by atoms with E-state index < -0.39 is 0 Å². The smallest absolute Gasteiger partial charge is 0.156 e. The Morgan fingerprint density at radius 3 is 2.83 bits per heavy atom. The predicted octanol–water partition coefficient (Wildman–Crippen LogP) is 5.35. The maximum atomic E-state index is 6.06. The number of benzene rings is 1. The molecule has 2 aromatic rings. The van der Waals surface area contributed by atoms with Crippen molar-refractivity contribution in [1.82, 2.24) is 0 Å². The van der Waals surface area contributed by atoms with Gasteiger partial charge in [-0.2, -0.15) is 0 Å². The number of hydrogen-bond acceptors (Lipinski definition) is 3.